The SMILES string of the molecule is CC[Si](Cc1ccccc1O)(OC)OC. The van der Waals surface area contributed by atoms with Gasteiger partial charge in [-0.05, 0) is 17.7 Å². The number of hydrogen-bond acceptors (Lipinski definition) is 3. The zero-order valence-electron chi connectivity index (χ0n) is 9.49. The van der Waals surface area contributed by atoms with Gasteiger partial charge in [0.15, 0.2) is 0 Å². The Labute approximate surface area is 91.9 Å². The highest BCUT2D eigenvalue weighted by molar-refractivity contribution is 6.66. The monoisotopic (exact) mass is 226 g/mol. The minimum Gasteiger partial charge on any atom is -0.508 e. The third kappa shape index (κ3) is 2.81. The fourth-order valence-corrected chi connectivity index (χ4v) is 3.75. The second kappa shape index (κ2) is 5.30. The van der Waals surface area contributed by atoms with Crippen molar-refractivity contribution in [3.8, 4) is 5.75 Å². The molecule has 84 valence electrons. The van der Waals surface area contributed by atoms with Crippen molar-refractivity contribution in [2.75, 3.05) is 14.2 Å². The molecule has 1 N–H and O–H groups in total. The van der Waals surface area contributed by atoms with Crippen LogP contribution in [0.15, 0.2) is 24.3 Å². The van der Waals surface area contributed by atoms with Gasteiger partial charge in [0.25, 0.3) is 0 Å². The molecule has 0 fully saturated rings. The molecule has 3 nitrogen and oxygen atoms in total. The van der Waals surface area contributed by atoms with Crippen LogP contribution in [0, 0.1) is 0 Å². The molecule has 0 saturated heterocycles. The first-order chi connectivity index (χ1) is 7.17. The molecule has 0 amide bonds. The number of benzene rings is 1. The number of para-hydroxylation sites is 1. The third-order valence-electron chi connectivity index (χ3n) is 2.73. The summed E-state index contributed by atoms with van der Waals surface area (Å²) in [5.41, 5.74) is 0.898. The van der Waals surface area contributed by atoms with Gasteiger partial charge >= 0.3 is 8.56 Å². The van der Waals surface area contributed by atoms with Gasteiger partial charge in [-0.3, -0.25) is 0 Å². The van der Waals surface area contributed by atoms with E-state index in [1.165, 1.54) is 0 Å². The van der Waals surface area contributed by atoms with Crippen molar-refractivity contribution in [3.05, 3.63) is 29.8 Å². The second-order valence-electron chi connectivity index (χ2n) is 3.48. The lowest BCUT2D eigenvalue weighted by Gasteiger charge is -2.26. The lowest BCUT2D eigenvalue weighted by molar-refractivity contribution is 0.241. The summed E-state index contributed by atoms with van der Waals surface area (Å²) in [6.45, 7) is 2.05. The molecule has 0 bridgehead atoms. The van der Waals surface area contributed by atoms with Crippen molar-refractivity contribution in [2.45, 2.75) is 19.0 Å². The van der Waals surface area contributed by atoms with Crippen molar-refractivity contribution in [1.82, 2.24) is 0 Å². The molecule has 0 saturated carbocycles. The summed E-state index contributed by atoms with van der Waals surface area (Å²) >= 11 is 0. The van der Waals surface area contributed by atoms with Crippen molar-refractivity contribution >= 4 is 8.56 Å². The van der Waals surface area contributed by atoms with Crippen molar-refractivity contribution in [3.63, 3.8) is 0 Å². The van der Waals surface area contributed by atoms with Crippen LogP contribution in [0.4, 0.5) is 0 Å². The molecule has 0 heterocycles. The Morgan fingerprint density at radius 1 is 1.20 bits per heavy atom. The summed E-state index contributed by atoms with van der Waals surface area (Å²) < 4.78 is 11.0. The Bertz CT molecular complexity index is 302. The van der Waals surface area contributed by atoms with Crippen LogP contribution in [0.3, 0.4) is 0 Å². The fourth-order valence-electron chi connectivity index (χ4n) is 1.59. The second-order valence-corrected chi connectivity index (χ2v) is 7.18. The molecule has 0 aliphatic rings. The predicted molar refractivity (Wildman–Crippen MR) is 62.1 cm³/mol. The van der Waals surface area contributed by atoms with Crippen LogP contribution in [0.2, 0.25) is 6.04 Å². The molecule has 0 aromatic heterocycles. The maximum Gasteiger partial charge on any atom is 0.341 e. The molecule has 0 aliphatic heterocycles. The van der Waals surface area contributed by atoms with E-state index in [4.69, 9.17) is 8.85 Å². The van der Waals surface area contributed by atoms with Crippen molar-refractivity contribution in [1.29, 1.82) is 0 Å². The molecule has 0 aliphatic carbocycles. The van der Waals surface area contributed by atoms with Gasteiger partial charge in [0.1, 0.15) is 5.75 Å². The van der Waals surface area contributed by atoms with E-state index in [2.05, 4.69) is 6.92 Å². The summed E-state index contributed by atoms with van der Waals surface area (Å²) in [6.07, 6.45) is 0. The van der Waals surface area contributed by atoms with Crippen molar-refractivity contribution < 1.29 is 14.0 Å². The molecule has 4 heteroatoms. The van der Waals surface area contributed by atoms with E-state index < -0.39 is 8.56 Å². The van der Waals surface area contributed by atoms with E-state index >= 15 is 0 Å². The van der Waals surface area contributed by atoms with Crippen LogP contribution in [-0.4, -0.2) is 27.9 Å². The van der Waals surface area contributed by atoms with Crippen LogP contribution < -0.4 is 0 Å². The summed E-state index contributed by atoms with van der Waals surface area (Å²) in [6, 6.07) is 8.88. The molecular weight excluding hydrogens is 208 g/mol. The molecule has 0 unspecified atom stereocenters. The van der Waals surface area contributed by atoms with E-state index in [-0.39, 0.29) is 0 Å². The van der Waals surface area contributed by atoms with E-state index in [1.807, 2.05) is 18.2 Å². The topological polar surface area (TPSA) is 38.7 Å². The first kappa shape index (κ1) is 12.2. The third-order valence-corrected chi connectivity index (χ3v) is 6.22. The number of phenols is 1. The van der Waals surface area contributed by atoms with E-state index in [1.54, 1.807) is 20.3 Å². The fraction of sp³-hybridized carbons (Fsp3) is 0.455. The maximum absolute atomic E-state index is 9.67. The van der Waals surface area contributed by atoms with Gasteiger partial charge < -0.3 is 14.0 Å². The molecule has 1 aromatic rings. The van der Waals surface area contributed by atoms with Gasteiger partial charge in [-0.15, -0.1) is 0 Å². The molecule has 1 rings (SSSR count). The zero-order chi connectivity index (χ0) is 11.3. The highest BCUT2D eigenvalue weighted by Crippen LogP contribution is 2.23. The molecule has 0 radical (unpaired) electrons. The minimum atomic E-state index is -2.15. The quantitative estimate of drug-likeness (QED) is 0.782. The largest absolute Gasteiger partial charge is 0.508 e. The predicted octanol–water partition coefficient (Wildman–Crippen LogP) is 2.23. The van der Waals surface area contributed by atoms with E-state index in [0.717, 1.165) is 11.6 Å². The molecule has 0 atom stereocenters. The molecule has 0 spiro atoms. The van der Waals surface area contributed by atoms with Gasteiger partial charge in [0, 0.05) is 20.3 Å². The van der Waals surface area contributed by atoms with Crippen molar-refractivity contribution in [2.24, 2.45) is 0 Å². The molecule has 15 heavy (non-hydrogen) atoms. The Morgan fingerprint density at radius 2 is 1.80 bits per heavy atom. The highest BCUT2D eigenvalue weighted by atomic mass is 28.4. The Morgan fingerprint density at radius 3 is 2.27 bits per heavy atom. The number of hydrogen-bond donors (Lipinski definition) is 1. The highest BCUT2D eigenvalue weighted by Gasteiger charge is 2.34. The number of phenolic OH excluding ortho intramolecular Hbond substituents is 1. The standard InChI is InChI=1S/C11H18O3Si/c1-4-15(13-2,14-3)9-10-7-5-6-8-11(10)12/h5-8,12H,4,9H2,1-3H3. The van der Waals surface area contributed by atoms with Gasteiger partial charge in [-0.1, -0.05) is 25.1 Å². The lowest BCUT2D eigenvalue weighted by Crippen LogP contribution is -2.42. The summed E-state index contributed by atoms with van der Waals surface area (Å²) in [4.78, 5) is 0. The Balaban J connectivity index is 2.88. The first-order valence-electron chi connectivity index (χ1n) is 5.04. The van der Waals surface area contributed by atoms with Gasteiger partial charge in [-0.25, -0.2) is 0 Å². The van der Waals surface area contributed by atoms with Gasteiger partial charge in [-0.2, -0.15) is 0 Å². The van der Waals surface area contributed by atoms with Crippen LogP contribution in [0.25, 0.3) is 0 Å². The maximum atomic E-state index is 9.67. The summed E-state index contributed by atoms with van der Waals surface area (Å²) in [5, 5.41) is 9.67. The van der Waals surface area contributed by atoms with E-state index in [9.17, 15) is 5.11 Å². The van der Waals surface area contributed by atoms with Crippen LogP contribution in [-0.2, 0) is 14.9 Å². The normalized spacial score (nSPS) is 11.7. The van der Waals surface area contributed by atoms with Crippen LogP contribution in [0.5, 0.6) is 5.75 Å². The average Bonchev–Trinajstić information content (AvgIpc) is 2.29. The lowest BCUT2D eigenvalue weighted by atomic mass is 10.2. The van der Waals surface area contributed by atoms with Gasteiger partial charge in [0.2, 0.25) is 0 Å². The zero-order valence-corrected chi connectivity index (χ0v) is 10.5. The molecule has 1 aromatic carbocycles. The smallest absolute Gasteiger partial charge is 0.341 e. The summed E-state index contributed by atoms with van der Waals surface area (Å²) in [5.74, 6) is 0.317. The van der Waals surface area contributed by atoms with Crippen LogP contribution >= 0.6 is 0 Å². The number of aromatic hydroxyl groups is 1. The Hall–Kier alpha value is -0.843. The number of rotatable bonds is 5. The van der Waals surface area contributed by atoms with Crippen LogP contribution in [0.1, 0.15) is 12.5 Å². The Kier molecular flexibility index (Phi) is 4.32. The first-order valence-corrected chi connectivity index (χ1v) is 7.27. The van der Waals surface area contributed by atoms with Gasteiger partial charge in [0.05, 0.1) is 0 Å². The molecular formula is C11H18O3Si. The minimum absolute atomic E-state index is 0.317. The summed E-state index contributed by atoms with van der Waals surface area (Å²) in [7, 11) is 1.21. The average molecular weight is 226 g/mol. The van der Waals surface area contributed by atoms with E-state index in [0.29, 0.717) is 11.8 Å².